The Morgan fingerprint density at radius 2 is 1.61 bits per heavy atom. The van der Waals surface area contributed by atoms with Gasteiger partial charge in [-0.25, -0.2) is 0 Å². The van der Waals surface area contributed by atoms with Crippen molar-refractivity contribution in [3.63, 3.8) is 0 Å². The summed E-state index contributed by atoms with van der Waals surface area (Å²) in [6.45, 7) is 9.35. The zero-order valence-corrected chi connectivity index (χ0v) is 21.8. The van der Waals surface area contributed by atoms with Gasteiger partial charge < -0.3 is 14.4 Å². The van der Waals surface area contributed by atoms with Crippen molar-refractivity contribution in [1.29, 1.82) is 0 Å². The molecular formula is C31H38N2O3. The molecule has 1 heterocycles. The molecule has 3 aromatic rings. The molecule has 36 heavy (non-hydrogen) atoms. The lowest BCUT2D eigenvalue weighted by molar-refractivity contribution is -0.149. The average molecular weight is 487 g/mol. The van der Waals surface area contributed by atoms with E-state index in [0.717, 1.165) is 62.4 Å². The molecule has 190 valence electrons. The van der Waals surface area contributed by atoms with Gasteiger partial charge in [0, 0.05) is 31.9 Å². The number of ether oxygens (including phenoxy) is 2. The minimum absolute atomic E-state index is 0.126. The van der Waals surface area contributed by atoms with Crippen LogP contribution in [0.25, 0.3) is 11.1 Å². The number of nitrogens with zero attached hydrogens (tertiary/aromatic N) is 2. The Morgan fingerprint density at radius 3 is 2.28 bits per heavy atom. The molecule has 0 spiro atoms. The molecule has 1 saturated heterocycles. The SMILES string of the molecule is CCOC(=O)C(C)(CCCN1CCN(c2ccc(-c3cccc(OC)c3)cc2)CC1)c1ccccc1. The van der Waals surface area contributed by atoms with Crippen molar-refractivity contribution >= 4 is 11.7 Å². The number of esters is 1. The van der Waals surface area contributed by atoms with Crippen LogP contribution in [-0.4, -0.2) is 57.3 Å². The average Bonchev–Trinajstić information content (AvgIpc) is 2.94. The van der Waals surface area contributed by atoms with Crippen molar-refractivity contribution in [3.05, 3.63) is 84.4 Å². The molecule has 1 aliphatic heterocycles. The van der Waals surface area contributed by atoms with E-state index in [2.05, 4.69) is 46.2 Å². The smallest absolute Gasteiger partial charge is 0.316 e. The van der Waals surface area contributed by atoms with E-state index in [4.69, 9.17) is 9.47 Å². The summed E-state index contributed by atoms with van der Waals surface area (Å²) in [5, 5.41) is 0. The van der Waals surface area contributed by atoms with Gasteiger partial charge in [-0.1, -0.05) is 54.6 Å². The molecule has 0 bridgehead atoms. The van der Waals surface area contributed by atoms with Crippen LogP contribution in [-0.2, 0) is 14.9 Å². The summed E-state index contributed by atoms with van der Waals surface area (Å²) in [7, 11) is 1.70. The molecule has 3 aromatic carbocycles. The maximum absolute atomic E-state index is 12.8. The van der Waals surface area contributed by atoms with Crippen LogP contribution in [0.2, 0.25) is 0 Å². The fourth-order valence-corrected chi connectivity index (χ4v) is 5.01. The van der Waals surface area contributed by atoms with Gasteiger partial charge in [0.2, 0.25) is 0 Å². The van der Waals surface area contributed by atoms with Crippen LogP contribution in [0.5, 0.6) is 5.75 Å². The second kappa shape index (κ2) is 12.1. The zero-order chi connectivity index (χ0) is 25.4. The van der Waals surface area contributed by atoms with E-state index in [1.165, 1.54) is 11.3 Å². The first-order valence-corrected chi connectivity index (χ1v) is 13.0. The summed E-state index contributed by atoms with van der Waals surface area (Å²) in [5.41, 5.74) is 4.05. The number of rotatable bonds is 10. The van der Waals surface area contributed by atoms with E-state index < -0.39 is 5.41 Å². The lowest BCUT2D eigenvalue weighted by Gasteiger charge is -2.37. The predicted octanol–water partition coefficient (Wildman–Crippen LogP) is 5.79. The van der Waals surface area contributed by atoms with E-state index in [-0.39, 0.29) is 5.97 Å². The van der Waals surface area contributed by atoms with E-state index >= 15 is 0 Å². The molecule has 5 nitrogen and oxygen atoms in total. The third-order valence-electron chi connectivity index (χ3n) is 7.30. The number of methoxy groups -OCH3 is 1. The van der Waals surface area contributed by atoms with Gasteiger partial charge in [0.15, 0.2) is 0 Å². The Bertz CT molecular complexity index is 1110. The van der Waals surface area contributed by atoms with E-state index in [0.29, 0.717) is 6.61 Å². The molecule has 0 N–H and O–H groups in total. The minimum Gasteiger partial charge on any atom is -0.497 e. The van der Waals surface area contributed by atoms with Crippen molar-refractivity contribution in [2.75, 3.05) is 51.3 Å². The lowest BCUT2D eigenvalue weighted by atomic mass is 9.78. The summed E-state index contributed by atoms with van der Waals surface area (Å²) >= 11 is 0. The Hall–Kier alpha value is -3.31. The largest absolute Gasteiger partial charge is 0.497 e. The van der Waals surface area contributed by atoms with Gasteiger partial charge in [-0.2, -0.15) is 0 Å². The van der Waals surface area contributed by atoms with Crippen LogP contribution in [0.3, 0.4) is 0 Å². The third-order valence-corrected chi connectivity index (χ3v) is 7.30. The molecule has 1 unspecified atom stereocenters. The Morgan fingerprint density at radius 1 is 0.889 bits per heavy atom. The summed E-state index contributed by atoms with van der Waals surface area (Å²) in [6, 6.07) is 27.0. The number of hydrogen-bond donors (Lipinski definition) is 0. The number of anilines is 1. The molecule has 0 radical (unpaired) electrons. The Balaban J connectivity index is 1.29. The van der Waals surface area contributed by atoms with Gasteiger partial charge in [0.05, 0.1) is 19.1 Å². The molecule has 0 amide bonds. The topological polar surface area (TPSA) is 42.0 Å². The minimum atomic E-state index is -0.608. The van der Waals surface area contributed by atoms with Crippen LogP contribution in [0.4, 0.5) is 5.69 Å². The monoisotopic (exact) mass is 486 g/mol. The second-order valence-corrected chi connectivity index (χ2v) is 9.63. The molecule has 0 saturated carbocycles. The highest BCUT2D eigenvalue weighted by Crippen LogP contribution is 2.31. The predicted molar refractivity (Wildman–Crippen MR) is 147 cm³/mol. The molecule has 1 fully saturated rings. The van der Waals surface area contributed by atoms with Crippen molar-refractivity contribution in [1.82, 2.24) is 4.90 Å². The first kappa shape index (κ1) is 25.8. The fourth-order valence-electron chi connectivity index (χ4n) is 5.01. The van der Waals surface area contributed by atoms with Crippen LogP contribution >= 0.6 is 0 Å². The Labute approximate surface area is 215 Å². The quantitative estimate of drug-likeness (QED) is 0.340. The summed E-state index contributed by atoms with van der Waals surface area (Å²) < 4.78 is 10.8. The highest BCUT2D eigenvalue weighted by molar-refractivity contribution is 5.82. The molecule has 0 aliphatic carbocycles. The number of benzene rings is 3. The van der Waals surface area contributed by atoms with Crippen LogP contribution < -0.4 is 9.64 Å². The molecule has 0 aromatic heterocycles. The van der Waals surface area contributed by atoms with Gasteiger partial charge in [-0.15, -0.1) is 0 Å². The highest BCUT2D eigenvalue weighted by atomic mass is 16.5. The van der Waals surface area contributed by atoms with Gasteiger partial charge in [-0.05, 0) is 74.2 Å². The van der Waals surface area contributed by atoms with Crippen molar-refractivity contribution in [3.8, 4) is 16.9 Å². The number of hydrogen-bond acceptors (Lipinski definition) is 5. The maximum atomic E-state index is 12.8. The summed E-state index contributed by atoms with van der Waals surface area (Å²) in [4.78, 5) is 17.8. The standard InChI is InChI=1S/C31H38N2O3/c1-4-36-30(34)31(2,27-11-6-5-7-12-27)18-9-19-32-20-22-33(23-21-32)28-16-14-25(15-17-28)26-10-8-13-29(24-26)35-3/h5-8,10-17,24H,4,9,18-23H2,1-3H3. The van der Waals surface area contributed by atoms with E-state index in [1.54, 1.807) is 7.11 Å². The molecule has 1 aliphatic rings. The molecule has 1 atom stereocenters. The van der Waals surface area contributed by atoms with Crippen LogP contribution in [0, 0.1) is 0 Å². The van der Waals surface area contributed by atoms with Crippen LogP contribution in [0.1, 0.15) is 32.3 Å². The van der Waals surface area contributed by atoms with Gasteiger partial charge in [0.25, 0.3) is 0 Å². The van der Waals surface area contributed by atoms with Gasteiger partial charge >= 0.3 is 5.97 Å². The molecule has 4 rings (SSSR count). The number of carbonyl (C=O) groups is 1. The normalized spacial score (nSPS) is 15.8. The van der Waals surface area contributed by atoms with E-state index in [1.807, 2.05) is 56.3 Å². The number of piperazine rings is 1. The fraction of sp³-hybridized carbons (Fsp3) is 0.387. The molecule has 5 heteroatoms. The van der Waals surface area contributed by atoms with Crippen molar-refractivity contribution in [2.45, 2.75) is 32.1 Å². The van der Waals surface area contributed by atoms with Crippen molar-refractivity contribution < 1.29 is 14.3 Å². The Kier molecular flexibility index (Phi) is 8.65. The first-order chi connectivity index (χ1) is 17.5. The van der Waals surface area contributed by atoms with Gasteiger partial charge in [-0.3, -0.25) is 9.69 Å². The van der Waals surface area contributed by atoms with Crippen molar-refractivity contribution in [2.24, 2.45) is 0 Å². The third kappa shape index (κ3) is 6.08. The van der Waals surface area contributed by atoms with E-state index in [9.17, 15) is 4.79 Å². The molecular weight excluding hydrogens is 448 g/mol. The first-order valence-electron chi connectivity index (χ1n) is 13.0. The highest BCUT2D eigenvalue weighted by Gasteiger charge is 2.36. The zero-order valence-electron chi connectivity index (χ0n) is 21.8. The maximum Gasteiger partial charge on any atom is 0.316 e. The van der Waals surface area contributed by atoms with Crippen LogP contribution in [0.15, 0.2) is 78.9 Å². The van der Waals surface area contributed by atoms with Gasteiger partial charge in [0.1, 0.15) is 5.75 Å². The summed E-state index contributed by atoms with van der Waals surface area (Å²) in [5.74, 6) is 0.748. The second-order valence-electron chi connectivity index (χ2n) is 9.63. The summed E-state index contributed by atoms with van der Waals surface area (Å²) in [6.07, 6.45) is 1.74. The lowest BCUT2D eigenvalue weighted by Crippen LogP contribution is -2.47. The number of carbonyl (C=O) groups excluding carboxylic acids is 1.